The maximum absolute atomic E-state index is 12.5. The van der Waals surface area contributed by atoms with Crippen LogP contribution in [0.5, 0.6) is 0 Å². The van der Waals surface area contributed by atoms with E-state index in [1.807, 2.05) is 4.90 Å². The van der Waals surface area contributed by atoms with E-state index in [4.69, 9.17) is 4.74 Å². The number of hydrogen-bond donors (Lipinski definition) is 2. The Morgan fingerprint density at radius 3 is 2.64 bits per heavy atom. The molecule has 3 heterocycles. The summed E-state index contributed by atoms with van der Waals surface area (Å²) in [7, 11) is 1.75. The van der Waals surface area contributed by atoms with Crippen LogP contribution in [0.25, 0.3) is 0 Å². The van der Waals surface area contributed by atoms with Gasteiger partial charge in [0.1, 0.15) is 11.5 Å². The molecule has 0 aliphatic carbocycles. The summed E-state index contributed by atoms with van der Waals surface area (Å²) in [4.78, 5) is 31.0. The first-order chi connectivity index (χ1) is 12.1. The van der Waals surface area contributed by atoms with Crippen LogP contribution in [0.15, 0.2) is 35.1 Å². The third kappa shape index (κ3) is 3.99. The van der Waals surface area contributed by atoms with Crippen LogP contribution in [0.2, 0.25) is 0 Å². The number of carbonyl (C=O) groups excluding carboxylic acids is 2. The molecule has 2 amide bonds. The van der Waals surface area contributed by atoms with Gasteiger partial charge in [-0.25, -0.2) is 4.98 Å². The second kappa shape index (κ2) is 7.66. The highest BCUT2D eigenvalue weighted by molar-refractivity contribution is 9.10. The zero-order valence-electron chi connectivity index (χ0n) is 13.7. The summed E-state index contributed by atoms with van der Waals surface area (Å²) < 4.78 is 7.78. The van der Waals surface area contributed by atoms with Crippen LogP contribution in [0.3, 0.4) is 0 Å². The van der Waals surface area contributed by atoms with Crippen molar-refractivity contribution in [2.24, 2.45) is 7.05 Å². The van der Waals surface area contributed by atoms with Crippen LogP contribution >= 0.6 is 15.9 Å². The van der Waals surface area contributed by atoms with E-state index in [-0.39, 0.29) is 0 Å². The fourth-order valence-electron chi connectivity index (χ4n) is 2.60. The van der Waals surface area contributed by atoms with Gasteiger partial charge >= 0.3 is 0 Å². The summed E-state index contributed by atoms with van der Waals surface area (Å²) in [6.07, 6.45) is 3.40. The Bertz CT molecular complexity index is 786. The number of anilines is 1. The summed E-state index contributed by atoms with van der Waals surface area (Å²) in [5.74, 6) is -0.242. The number of ether oxygens (including phenoxy) is 1. The predicted molar refractivity (Wildman–Crippen MR) is 95.3 cm³/mol. The van der Waals surface area contributed by atoms with Crippen LogP contribution in [0.4, 0.5) is 5.82 Å². The second-order valence-electron chi connectivity index (χ2n) is 5.54. The average molecular weight is 408 g/mol. The Labute approximate surface area is 153 Å². The fraction of sp³-hybridized carbons (Fsp3) is 0.312. The smallest absolute Gasteiger partial charge is 0.286 e. The first-order valence-electron chi connectivity index (χ1n) is 7.76. The van der Waals surface area contributed by atoms with Gasteiger partial charge in [-0.15, -0.1) is 0 Å². The number of nitrogens with one attached hydrogen (secondary N) is 2. The molecular weight excluding hydrogens is 390 g/mol. The van der Waals surface area contributed by atoms with Gasteiger partial charge in [0.15, 0.2) is 0 Å². The minimum absolute atomic E-state index is 0.401. The highest BCUT2D eigenvalue weighted by atomic mass is 79.9. The molecule has 9 heteroatoms. The molecule has 0 atom stereocenters. The highest BCUT2D eigenvalue weighted by Crippen LogP contribution is 2.18. The first kappa shape index (κ1) is 17.4. The number of aromatic nitrogens is 2. The molecule has 0 aromatic carbocycles. The highest BCUT2D eigenvalue weighted by Gasteiger charge is 2.20. The van der Waals surface area contributed by atoms with Gasteiger partial charge in [0.2, 0.25) is 0 Å². The van der Waals surface area contributed by atoms with Crippen molar-refractivity contribution in [2.75, 3.05) is 31.2 Å². The minimum Gasteiger partial charge on any atom is -0.378 e. The standard InChI is InChI=1S/C16H18BrN5O3/c1-21-10-11(17)9-13(21)16(24)20-19-15(23)12-3-2-4-18-14(12)22-5-7-25-8-6-22/h2-4,9-10H,5-8H2,1H3,(H,19,23)(H,20,24). The maximum atomic E-state index is 12.5. The molecule has 8 nitrogen and oxygen atoms in total. The molecule has 132 valence electrons. The van der Waals surface area contributed by atoms with Crippen LogP contribution in [-0.2, 0) is 11.8 Å². The summed E-state index contributed by atoms with van der Waals surface area (Å²) >= 11 is 3.31. The number of amides is 2. The number of hydrogen-bond acceptors (Lipinski definition) is 5. The van der Waals surface area contributed by atoms with Crippen molar-refractivity contribution >= 4 is 33.6 Å². The van der Waals surface area contributed by atoms with E-state index in [9.17, 15) is 9.59 Å². The first-order valence-corrected chi connectivity index (χ1v) is 8.56. The van der Waals surface area contributed by atoms with E-state index < -0.39 is 11.8 Å². The van der Waals surface area contributed by atoms with Gasteiger partial charge in [-0.3, -0.25) is 20.4 Å². The fourth-order valence-corrected chi connectivity index (χ4v) is 3.12. The lowest BCUT2D eigenvalue weighted by atomic mass is 10.2. The summed E-state index contributed by atoms with van der Waals surface area (Å²) in [6, 6.07) is 5.04. The molecular formula is C16H18BrN5O3. The van der Waals surface area contributed by atoms with Crippen molar-refractivity contribution in [3.05, 3.63) is 46.3 Å². The van der Waals surface area contributed by atoms with E-state index >= 15 is 0 Å². The summed E-state index contributed by atoms with van der Waals surface area (Å²) in [5.41, 5.74) is 5.70. The van der Waals surface area contributed by atoms with E-state index in [0.29, 0.717) is 43.4 Å². The van der Waals surface area contributed by atoms with Crippen LogP contribution in [-0.4, -0.2) is 47.7 Å². The average Bonchev–Trinajstić information content (AvgIpc) is 2.98. The third-order valence-corrected chi connectivity index (χ3v) is 4.27. The van der Waals surface area contributed by atoms with Crippen molar-refractivity contribution in [2.45, 2.75) is 0 Å². The predicted octanol–water partition coefficient (Wildman–Crippen LogP) is 1.09. The quantitative estimate of drug-likeness (QED) is 0.743. The molecule has 1 aliphatic heterocycles. The zero-order valence-corrected chi connectivity index (χ0v) is 15.2. The number of nitrogens with zero attached hydrogens (tertiary/aromatic N) is 3. The lowest BCUT2D eigenvalue weighted by Crippen LogP contribution is -2.43. The molecule has 25 heavy (non-hydrogen) atoms. The van der Waals surface area contributed by atoms with E-state index in [0.717, 1.165) is 4.47 Å². The molecule has 0 radical (unpaired) electrons. The largest absolute Gasteiger partial charge is 0.378 e. The number of halogens is 1. The van der Waals surface area contributed by atoms with Crippen molar-refractivity contribution in [1.82, 2.24) is 20.4 Å². The lowest BCUT2D eigenvalue weighted by molar-refractivity contribution is 0.0841. The normalized spacial score (nSPS) is 14.2. The molecule has 2 aromatic rings. The van der Waals surface area contributed by atoms with Crippen molar-refractivity contribution in [3.8, 4) is 0 Å². The molecule has 3 rings (SSSR count). The molecule has 2 N–H and O–H groups in total. The molecule has 0 bridgehead atoms. The maximum Gasteiger partial charge on any atom is 0.286 e. The number of hydrazine groups is 1. The van der Waals surface area contributed by atoms with Gasteiger partial charge in [0, 0.05) is 37.0 Å². The van der Waals surface area contributed by atoms with Crippen LogP contribution in [0.1, 0.15) is 20.8 Å². The molecule has 0 saturated carbocycles. The summed E-state index contributed by atoms with van der Waals surface area (Å²) in [6.45, 7) is 2.52. The molecule has 1 saturated heterocycles. The van der Waals surface area contributed by atoms with Crippen molar-refractivity contribution < 1.29 is 14.3 Å². The Morgan fingerprint density at radius 1 is 1.24 bits per heavy atom. The number of pyridine rings is 1. The van der Waals surface area contributed by atoms with E-state index in [2.05, 4.69) is 31.8 Å². The molecule has 1 aliphatic rings. The third-order valence-electron chi connectivity index (χ3n) is 3.84. The lowest BCUT2D eigenvalue weighted by Gasteiger charge is -2.29. The van der Waals surface area contributed by atoms with Gasteiger partial charge in [-0.05, 0) is 34.1 Å². The number of morpholine rings is 1. The number of aryl methyl sites for hydroxylation is 1. The molecule has 0 spiro atoms. The van der Waals surface area contributed by atoms with Gasteiger partial charge in [-0.2, -0.15) is 0 Å². The Morgan fingerprint density at radius 2 is 1.96 bits per heavy atom. The van der Waals surface area contributed by atoms with Crippen molar-refractivity contribution in [3.63, 3.8) is 0 Å². The van der Waals surface area contributed by atoms with Crippen molar-refractivity contribution in [1.29, 1.82) is 0 Å². The Hall–Kier alpha value is -2.39. The monoisotopic (exact) mass is 407 g/mol. The molecule has 0 unspecified atom stereocenters. The van der Waals surface area contributed by atoms with Gasteiger partial charge < -0.3 is 14.2 Å². The number of rotatable bonds is 3. The molecule has 2 aromatic heterocycles. The minimum atomic E-state index is -0.420. The molecule has 1 fully saturated rings. The van der Waals surface area contributed by atoms with E-state index in [1.165, 1.54) is 0 Å². The van der Waals surface area contributed by atoms with Crippen LogP contribution < -0.4 is 15.8 Å². The summed E-state index contributed by atoms with van der Waals surface area (Å²) in [5, 5.41) is 0. The zero-order chi connectivity index (χ0) is 17.8. The van der Waals surface area contributed by atoms with E-state index in [1.54, 1.807) is 42.2 Å². The second-order valence-corrected chi connectivity index (χ2v) is 6.45. The number of carbonyl (C=O) groups is 2. The SMILES string of the molecule is Cn1cc(Br)cc1C(=O)NNC(=O)c1cccnc1N1CCOCC1. The van der Waals surface area contributed by atoms with Gasteiger partial charge in [0.25, 0.3) is 11.8 Å². The Balaban J connectivity index is 1.69. The Kier molecular flexibility index (Phi) is 5.34. The van der Waals surface area contributed by atoms with Gasteiger partial charge in [-0.1, -0.05) is 0 Å². The topological polar surface area (TPSA) is 88.5 Å². The van der Waals surface area contributed by atoms with Crippen LogP contribution in [0, 0.1) is 0 Å². The van der Waals surface area contributed by atoms with Gasteiger partial charge in [0.05, 0.1) is 18.8 Å².